The summed E-state index contributed by atoms with van der Waals surface area (Å²) < 4.78 is 3.64. The first-order valence-corrected chi connectivity index (χ1v) is 13.0. The molecule has 3 heteroatoms. The van der Waals surface area contributed by atoms with Gasteiger partial charge in [0.05, 0.1) is 16.7 Å². The maximum Gasteiger partial charge on any atom is 0.125 e. The van der Waals surface area contributed by atoms with Gasteiger partial charge in [-0.2, -0.15) is 0 Å². The molecule has 2 nitrogen and oxygen atoms in total. The molecule has 0 unspecified atom stereocenters. The number of para-hydroxylation sites is 2. The molecule has 0 aliphatic heterocycles. The summed E-state index contributed by atoms with van der Waals surface area (Å²) in [5.41, 5.74) is 5.78. The predicted octanol–water partition coefficient (Wildman–Crippen LogP) is 9.37. The largest absolute Gasteiger partial charge is 0.309 e. The number of rotatable bonds is 2. The van der Waals surface area contributed by atoms with Crippen LogP contribution in [0, 0.1) is 0 Å². The van der Waals surface area contributed by atoms with Crippen LogP contribution in [0.3, 0.4) is 0 Å². The summed E-state index contributed by atoms with van der Waals surface area (Å²) in [6.07, 6.45) is 0. The van der Waals surface area contributed by atoms with E-state index in [0.717, 1.165) is 21.8 Å². The summed E-state index contributed by atoms with van der Waals surface area (Å²) in [4.78, 5) is 6.31. The first-order valence-electron chi connectivity index (χ1n) is 12.2. The summed E-state index contributed by atoms with van der Waals surface area (Å²) in [7, 11) is 0. The molecule has 0 aliphatic rings. The molecule has 0 saturated carbocycles. The van der Waals surface area contributed by atoms with Gasteiger partial charge in [0.15, 0.2) is 0 Å². The molecule has 8 rings (SSSR count). The number of hydrogen-bond acceptors (Lipinski definition) is 2. The van der Waals surface area contributed by atoms with Crippen LogP contribution in [0.15, 0.2) is 121 Å². The molecule has 0 spiro atoms. The predicted molar refractivity (Wildman–Crippen MR) is 154 cm³/mol. The van der Waals surface area contributed by atoms with Gasteiger partial charge < -0.3 is 4.57 Å². The molecule has 0 fully saturated rings. The molecule has 0 saturated heterocycles. The summed E-state index contributed by atoms with van der Waals surface area (Å²) in [5, 5.41) is 7.56. The summed E-state index contributed by atoms with van der Waals surface area (Å²) >= 11 is 1.77. The molecule has 36 heavy (non-hydrogen) atoms. The highest BCUT2D eigenvalue weighted by molar-refractivity contribution is 7.25. The van der Waals surface area contributed by atoms with Gasteiger partial charge in [-0.05, 0) is 35.7 Å². The second kappa shape index (κ2) is 7.51. The highest BCUT2D eigenvalue weighted by atomic mass is 32.1. The fraction of sp³-hybridized carbons (Fsp3) is 0. The topological polar surface area (TPSA) is 17.8 Å². The lowest BCUT2D eigenvalue weighted by Gasteiger charge is -2.11. The first-order chi connectivity index (χ1) is 17.9. The fourth-order valence-electron chi connectivity index (χ4n) is 5.63. The molecule has 0 bridgehead atoms. The minimum atomic E-state index is 1.04. The molecule has 3 heterocycles. The third-order valence-electron chi connectivity index (χ3n) is 7.22. The van der Waals surface area contributed by atoms with Crippen LogP contribution >= 0.6 is 11.3 Å². The van der Waals surface area contributed by atoms with Gasteiger partial charge in [-0.15, -0.1) is 11.3 Å². The molecule has 0 aliphatic carbocycles. The smallest absolute Gasteiger partial charge is 0.125 e. The van der Waals surface area contributed by atoms with Gasteiger partial charge in [0, 0.05) is 42.9 Å². The average Bonchev–Trinajstić information content (AvgIpc) is 3.49. The third kappa shape index (κ3) is 2.75. The number of hydrogen-bond donors (Lipinski definition) is 0. The van der Waals surface area contributed by atoms with Crippen molar-refractivity contribution in [1.82, 2.24) is 9.55 Å². The van der Waals surface area contributed by atoms with Gasteiger partial charge in [-0.3, -0.25) is 0 Å². The van der Waals surface area contributed by atoms with E-state index in [1.165, 1.54) is 48.1 Å². The van der Waals surface area contributed by atoms with Gasteiger partial charge in [0.2, 0.25) is 0 Å². The van der Waals surface area contributed by atoms with E-state index in [4.69, 9.17) is 4.98 Å². The Morgan fingerprint density at radius 2 is 1.06 bits per heavy atom. The monoisotopic (exact) mass is 476 g/mol. The fourth-order valence-corrected chi connectivity index (χ4v) is 6.72. The normalized spacial score (nSPS) is 11.9. The number of fused-ring (bicyclic) bond motifs is 8. The Bertz CT molecular complexity index is 2040. The standard InChI is InChI=1S/C33H20N2S/c1-2-12-26-25(11-1)31-27-13-5-8-16-30(27)36-33(31)34-32(26)21-17-19-22(20-18-21)35-28-14-6-3-9-23(28)24-10-4-7-15-29(24)35/h1-20H. The van der Waals surface area contributed by atoms with Crippen LogP contribution in [0.25, 0.3) is 69.8 Å². The van der Waals surface area contributed by atoms with Crippen LogP contribution in [0.2, 0.25) is 0 Å². The molecule has 0 radical (unpaired) electrons. The second-order valence-electron chi connectivity index (χ2n) is 9.20. The van der Waals surface area contributed by atoms with Crippen molar-refractivity contribution in [3.8, 4) is 16.9 Å². The van der Waals surface area contributed by atoms with Crippen molar-refractivity contribution in [3.05, 3.63) is 121 Å². The first kappa shape index (κ1) is 19.8. The maximum atomic E-state index is 5.21. The molecule has 3 aromatic heterocycles. The number of pyridine rings is 1. The Labute approximate surface area is 211 Å². The minimum absolute atomic E-state index is 1.04. The van der Waals surface area contributed by atoms with Crippen molar-refractivity contribution in [3.63, 3.8) is 0 Å². The highest BCUT2D eigenvalue weighted by Gasteiger charge is 2.16. The third-order valence-corrected chi connectivity index (χ3v) is 8.29. The Morgan fingerprint density at radius 1 is 0.500 bits per heavy atom. The van der Waals surface area contributed by atoms with E-state index in [1.807, 2.05) is 0 Å². The van der Waals surface area contributed by atoms with Crippen molar-refractivity contribution in [2.24, 2.45) is 0 Å². The quantitative estimate of drug-likeness (QED) is 0.243. The highest BCUT2D eigenvalue weighted by Crippen LogP contribution is 2.41. The number of aromatic nitrogens is 2. The van der Waals surface area contributed by atoms with Crippen molar-refractivity contribution in [2.45, 2.75) is 0 Å². The van der Waals surface area contributed by atoms with Crippen molar-refractivity contribution < 1.29 is 0 Å². The molecule has 0 atom stereocenters. The Kier molecular flexibility index (Phi) is 4.13. The SMILES string of the molecule is c1ccc2c(c1)sc1nc(-c3ccc(-n4c5ccccc5c5ccccc54)cc3)c3ccccc3c12. The number of nitrogens with zero attached hydrogens (tertiary/aromatic N) is 2. The molecule has 0 amide bonds. The van der Waals surface area contributed by atoms with Gasteiger partial charge in [-0.1, -0.05) is 91.0 Å². The van der Waals surface area contributed by atoms with Gasteiger partial charge in [0.1, 0.15) is 4.83 Å². The van der Waals surface area contributed by atoms with Crippen molar-refractivity contribution in [2.75, 3.05) is 0 Å². The number of benzene rings is 5. The van der Waals surface area contributed by atoms with Gasteiger partial charge in [0.25, 0.3) is 0 Å². The van der Waals surface area contributed by atoms with Crippen molar-refractivity contribution in [1.29, 1.82) is 0 Å². The second-order valence-corrected chi connectivity index (χ2v) is 10.2. The van der Waals surface area contributed by atoms with Crippen LogP contribution in [-0.2, 0) is 0 Å². The van der Waals surface area contributed by atoms with E-state index < -0.39 is 0 Å². The zero-order valence-electron chi connectivity index (χ0n) is 19.3. The van der Waals surface area contributed by atoms with Crippen LogP contribution in [0.4, 0.5) is 0 Å². The molecule has 8 aromatic rings. The lowest BCUT2D eigenvalue weighted by atomic mass is 10.0. The minimum Gasteiger partial charge on any atom is -0.309 e. The van der Waals surface area contributed by atoms with Crippen molar-refractivity contribution >= 4 is 64.2 Å². The van der Waals surface area contributed by atoms with Crippen LogP contribution in [0.1, 0.15) is 0 Å². The zero-order chi connectivity index (χ0) is 23.6. The summed E-state index contributed by atoms with van der Waals surface area (Å²) in [5.74, 6) is 0. The van der Waals surface area contributed by atoms with E-state index in [2.05, 4.69) is 126 Å². The Balaban J connectivity index is 1.35. The van der Waals surface area contributed by atoms with Gasteiger partial charge >= 0.3 is 0 Å². The van der Waals surface area contributed by atoms with Crippen LogP contribution < -0.4 is 0 Å². The van der Waals surface area contributed by atoms with Gasteiger partial charge in [-0.25, -0.2) is 4.98 Å². The number of thiophene rings is 1. The summed E-state index contributed by atoms with van der Waals surface area (Å²) in [6.45, 7) is 0. The molecular weight excluding hydrogens is 456 g/mol. The Morgan fingerprint density at radius 3 is 1.75 bits per heavy atom. The van der Waals surface area contributed by atoms with E-state index in [9.17, 15) is 0 Å². The van der Waals surface area contributed by atoms with E-state index in [0.29, 0.717) is 0 Å². The zero-order valence-corrected chi connectivity index (χ0v) is 20.2. The molecule has 0 N–H and O–H groups in total. The van der Waals surface area contributed by atoms with Crippen LogP contribution in [0.5, 0.6) is 0 Å². The van der Waals surface area contributed by atoms with E-state index in [1.54, 1.807) is 11.3 Å². The lowest BCUT2D eigenvalue weighted by molar-refractivity contribution is 1.18. The molecular formula is C33H20N2S. The summed E-state index contributed by atoms with van der Waals surface area (Å²) in [6, 6.07) is 43.4. The maximum absolute atomic E-state index is 5.21. The average molecular weight is 477 g/mol. The molecule has 5 aromatic carbocycles. The lowest BCUT2D eigenvalue weighted by Crippen LogP contribution is -1.94. The van der Waals surface area contributed by atoms with E-state index >= 15 is 0 Å². The molecule has 168 valence electrons. The van der Waals surface area contributed by atoms with Crippen LogP contribution in [-0.4, -0.2) is 9.55 Å². The van der Waals surface area contributed by atoms with E-state index in [-0.39, 0.29) is 0 Å². The Hall–Kier alpha value is -4.47.